The molecule has 2 aromatic carbocycles. The van der Waals surface area contributed by atoms with Crippen LogP contribution in [0.2, 0.25) is 5.02 Å². The number of thioether (sulfide) groups is 1. The van der Waals surface area contributed by atoms with Crippen molar-refractivity contribution in [1.29, 1.82) is 0 Å². The summed E-state index contributed by atoms with van der Waals surface area (Å²) in [7, 11) is 1.65. The Labute approximate surface area is 186 Å². The molecule has 0 bridgehead atoms. The number of amides is 1. The normalized spacial score (nSPS) is 11.0. The van der Waals surface area contributed by atoms with Crippen LogP contribution in [0.3, 0.4) is 0 Å². The summed E-state index contributed by atoms with van der Waals surface area (Å²) in [6.07, 6.45) is 0. The molecule has 30 heavy (non-hydrogen) atoms. The van der Waals surface area contributed by atoms with Gasteiger partial charge in [-0.1, -0.05) is 53.2 Å². The Morgan fingerprint density at radius 1 is 1.17 bits per heavy atom. The van der Waals surface area contributed by atoms with Crippen molar-refractivity contribution in [1.82, 2.24) is 13.9 Å². The van der Waals surface area contributed by atoms with E-state index in [9.17, 15) is 9.59 Å². The average molecular weight is 457 g/mol. The lowest BCUT2D eigenvalue weighted by Crippen LogP contribution is -2.20. The number of nitrogens with one attached hydrogen (secondary N) is 1. The maximum absolute atomic E-state index is 12.8. The minimum Gasteiger partial charge on any atom is -0.325 e. The molecule has 0 fully saturated rings. The van der Waals surface area contributed by atoms with Crippen molar-refractivity contribution in [2.75, 3.05) is 11.1 Å². The Balaban J connectivity index is 1.59. The van der Waals surface area contributed by atoms with E-state index in [-0.39, 0.29) is 17.2 Å². The van der Waals surface area contributed by atoms with Crippen molar-refractivity contribution in [3.63, 3.8) is 0 Å². The lowest BCUT2D eigenvalue weighted by Gasteiger charge is -2.08. The van der Waals surface area contributed by atoms with Crippen LogP contribution in [0.1, 0.15) is 5.56 Å². The van der Waals surface area contributed by atoms with Crippen molar-refractivity contribution in [3.05, 3.63) is 69.5 Å². The Bertz CT molecular complexity index is 1280. The van der Waals surface area contributed by atoms with Crippen LogP contribution >= 0.6 is 34.9 Å². The Kier molecular flexibility index (Phi) is 5.90. The highest BCUT2D eigenvalue weighted by Crippen LogP contribution is 2.29. The quantitative estimate of drug-likeness (QED) is 0.346. The van der Waals surface area contributed by atoms with Gasteiger partial charge in [0.15, 0.2) is 5.16 Å². The fourth-order valence-corrected chi connectivity index (χ4v) is 4.54. The number of hydrogen-bond donors (Lipinski definition) is 1. The highest BCUT2D eigenvalue weighted by atomic mass is 35.5. The van der Waals surface area contributed by atoms with Crippen molar-refractivity contribution < 1.29 is 4.79 Å². The van der Waals surface area contributed by atoms with Gasteiger partial charge in [0.05, 0.1) is 5.75 Å². The second-order valence-corrected chi connectivity index (χ2v) is 8.83. The number of aromatic nitrogens is 3. The van der Waals surface area contributed by atoms with Crippen molar-refractivity contribution in [3.8, 4) is 11.3 Å². The van der Waals surface area contributed by atoms with Gasteiger partial charge in [0.1, 0.15) is 15.9 Å². The van der Waals surface area contributed by atoms with Crippen LogP contribution in [0.4, 0.5) is 5.69 Å². The van der Waals surface area contributed by atoms with Gasteiger partial charge in [-0.25, -0.2) is 4.98 Å². The van der Waals surface area contributed by atoms with E-state index in [2.05, 4.69) is 14.7 Å². The van der Waals surface area contributed by atoms with Crippen LogP contribution in [0.5, 0.6) is 0 Å². The van der Waals surface area contributed by atoms with Gasteiger partial charge in [0, 0.05) is 23.3 Å². The molecule has 0 radical (unpaired) electrons. The van der Waals surface area contributed by atoms with E-state index < -0.39 is 0 Å². The van der Waals surface area contributed by atoms with Crippen LogP contribution in [0.15, 0.2) is 58.5 Å². The first-order valence-electron chi connectivity index (χ1n) is 9.04. The molecular formula is C21H17ClN4O2S2. The number of halogens is 1. The zero-order valence-corrected chi connectivity index (χ0v) is 18.6. The van der Waals surface area contributed by atoms with Gasteiger partial charge in [-0.2, -0.15) is 4.37 Å². The molecule has 4 aromatic rings. The monoisotopic (exact) mass is 456 g/mol. The highest BCUT2D eigenvalue weighted by Gasteiger charge is 2.17. The van der Waals surface area contributed by atoms with E-state index in [0.717, 1.165) is 22.7 Å². The van der Waals surface area contributed by atoms with Crippen LogP contribution in [-0.4, -0.2) is 25.6 Å². The standard InChI is InChI=1S/C21H17ClN4O2S2/c1-12-3-5-13(6-4-12)17-18-19(30-25-17)20(28)26(2)21(24-18)29-11-16(27)23-15-9-7-14(22)8-10-15/h3-10H,11H2,1-2H3,(H,23,27). The predicted molar refractivity (Wildman–Crippen MR) is 124 cm³/mol. The van der Waals surface area contributed by atoms with Gasteiger partial charge >= 0.3 is 0 Å². The summed E-state index contributed by atoms with van der Waals surface area (Å²) in [4.78, 5) is 29.8. The molecule has 4 rings (SSSR count). The molecule has 1 N–H and O–H groups in total. The van der Waals surface area contributed by atoms with Gasteiger partial charge in [-0.15, -0.1) is 0 Å². The summed E-state index contributed by atoms with van der Waals surface area (Å²) in [6.45, 7) is 2.01. The average Bonchev–Trinajstić information content (AvgIpc) is 3.16. The summed E-state index contributed by atoms with van der Waals surface area (Å²) in [5.74, 6) is -0.0786. The van der Waals surface area contributed by atoms with Crippen molar-refractivity contribution in [2.45, 2.75) is 12.1 Å². The van der Waals surface area contributed by atoms with Crippen LogP contribution < -0.4 is 10.9 Å². The molecule has 1 amide bonds. The number of fused-ring (bicyclic) bond motifs is 1. The van der Waals surface area contributed by atoms with Crippen molar-refractivity contribution >= 4 is 56.7 Å². The molecular weight excluding hydrogens is 440 g/mol. The zero-order valence-electron chi connectivity index (χ0n) is 16.2. The van der Waals surface area contributed by atoms with E-state index in [1.807, 2.05) is 31.2 Å². The molecule has 152 valence electrons. The molecule has 0 saturated carbocycles. The van der Waals surface area contributed by atoms with Gasteiger partial charge in [-0.3, -0.25) is 14.2 Å². The smallest absolute Gasteiger partial charge is 0.273 e. The number of benzene rings is 2. The molecule has 0 spiro atoms. The summed E-state index contributed by atoms with van der Waals surface area (Å²) in [5, 5.41) is 3.87. The van der Waals surface area contributed by atoms with Crippen LogP contribution in [-0.2, 0) is 11.8 Å². The SMILES string of the molecule is Cc1ccc(-c2nsc3c(=O)n(C)c(SCC(=O)Nc4ccc(Cl)cc4)nc23)cc1. The minimum absolute atomic E-state index is 0.117. The van der Waals surface area contributed by atoms with Gasteiger partial charge < -0.3 is 5.32 Å². The van der Waals surface area contributed by atoms with Gasteiger partial charge in [0.25, 0.3) is 5.56 Å². The molecule has 0 aliphatic heterocycles. The van der Waals surface area contributed by atoms with Gasteiger partial charge in [-0.05, 0) is 42.7 Å². The molecule has 6 nitrogen and oxygen atoms in total. The zero-order chi connectivity index (χ0) is 21.3. The van der Waals surface area contributed by atoms with E-state index in [1.165, 1.54) is 16.3 Å². The summed E-state index contributed by atoms with van der Waals surface area (Å²) in [6, 6.07) is 14.8. The number of aryl methyl sites for hydroxylation is 1. The first-order valence-corrected chi connectivity index (χ1v) is 11.2. The summed E-state index contributed by atoms with van der Waals surface area (Å²) in [5.41, 5.74) is 3.78. The maximum atomic E-state index is 12.8. The molecule has 9 heteroatoms. The number of rotatable bonds is 5. The van der Waals surface area contributed by atoms with E-state index >= 15 is 0 Å². The predicted octanol–water partition coefficient (Wildman–Crippen LogP) is 4.75. The Morgan fingerprint density at radius 2 is 1.87 bits per heavy atom. The largest absolute Gasteiger partial charge is 0.325 e. The molecule has 0 unspecified atom stereocenters. The number of carbonyl (C=O) groups excluding carboxylic acids is 1. The van der Waals surface area contributed by atoms with Crippen LogP contribution in [0.25, 0.3) is 21.5 Å². The lowest BCUT2D eigenvalue weighted by atomic mass is 10.1. The number of nitrogens with zero attached hydrogens (tertiary/aromatic N) is 3. The van der Waals surface area contributed by atoms with E-state index in [0.29, 0.717) is 31.8 Å². The van der Waals surface area contributed by atoms with Crippen LogP contribution in [0, 0.1) is 6.92 Å². The third-order valence-electron chi connectivity index (χ3n) is 4.45. The number of carbonyl (C=O) groups is 1. The molecule has 0 saturated heterocycles. The van der Waals surface area contributed by atoms with E-state index in [4.69, 9.17) is 11.6 Å². The third-order valence-corrected chi connectivity index (χ3v) is 6.55. The third kappa shape index (κ3) is 4.26. The Hall–Kier alpha value is -2.68. The fraction of sp³-hybridized carbons (Fsp3) is 0.143. The van der Waals surface area contributed by atoms with Gasteiger partial charge in [0.2, 0.25) is 5.91 Å². The fourth-order valence-electron chi connectivity index (χ4n) is 2.83. The summed E-state index contributed by atoms with van der Waals surface area (Å²) >= 11 is 8.21. The maximum Gasteiger partial charge on any atom is 0.273 e. The molecule has 0 aliphatic carbocycles. The molecule has 2 heterocycles. The minimum atomic E-state index is -0.195. The summed E-state index contributed by atoms with van der Waals surface area (Å²) < 4.78 is 6.42. The van der Waals surface area contributed by atoms with E-state index in [1.54, 1.807) is 31.3 Å². The Morgan fingerprint density at radius 3 is 2.57 bits per heavy atom. The number of anilines is 1. The second-order valence-electron chi connectivity index (χ2n) is 6.68. The second kappa shape index (κ2) is 8.59. The lowest BCUT2D eigenvalue weighted by molar-refractivity contribution is -0.113. The first-order chi connectivity index (χ1) is 14.4. The number of hydrogen-bond acceptors (Lipinski definition) is 6. The highest BCUT2D eigenvalue weighted by molar-refractivity contribution is 7.99. The molecule has 0 aliphatic rings. The first kappa shape index (κ1) is 20.6. The molecule has 2 aromatic heterocycles. The van der Waals surface area contributed by atoms with Crippen molar-refractivity contribution in [2.24, 2.45) is 7.05 Å². The topological polar surface area (TPSA) is 76.9 Å². The molecule has 0 atom stereocenters.